The first kappa shape index (κ1) is 8.54. The highest BCUT2D eigenvalue weighted by atomic mass is 14.8. The Bertz CT molecular complexity index is 372. The molecular weight excluding hydrogens is 172 g/mol. The van der Waals surface area contributed by atoms with Crippen molar-refractivity contribution in [2.75, 3.05) is 6.54 Å². The summed E-state index contributed by atoms with van der Waals surface area (Å²) in [4.78, 5) is 3.55. The Morgan fingerprint density at radius 3 is 2.79 bits per heavy atom. The van der Waals surface area contributed by atoms with Crippen LogP contribution in [0.25, 0.3) is 0 Å². The normalized spacial score (nSPS) is 22.4. The lowest BCUT2D eigenvalue weighted by Crippen LogP contribution is -2.21. The highest BCUT2D eigenvalue weighted by Crippen LogP contribution is 2.51. The zero-order valence-electron chi connectivity index (χ0n) is 8.82. The molecule has 1 saturated carbocycles. The average Bonchev–Trinajstić information content (AvgIpc) is 2.71. The van der Waals surface area contributed by atoms with Crippen LogP contribution in [0.4, 0.5) is 0 Å². The smallest absolute Gasteiger partial charge is 0.0184 e. The lowest BCUT2D eigenvalue weighted by molar-refractivity contribution is 0.689. The Kier molecular flexibility index (Phi) is 1.61. The molecule has 0 saturated heterocycles. The Morgan fingerprint density at radius 1 is 1.36 bits per heavy atom. The van der Waals surface area contributed by atoms with Crippen molar-refractivity contribution >= 4 is 0 Å². The maximum absolute atomic E-state index is 5.91. The third-order valence-electron chi connectivity index (χ3n) is 4.01. The van der Waals surface area contributed by atoms with E-state index in [4.69, 9.17) is 5.73 Å². The molecule has 0 unspecified atom stereocenters. The summed E-state index contributed by atoms with van der Waals surface area (Å²) in [6, 6.07) is 0. The van der Waals surface area contributed by atoms with Crippen LogP contribution in [0.3, 0.4) is 0 Å². The fraction of sp³-hybridized carbons (Fsp3) is 0.667. The lowest BCUT2D eigenvalue weighted by Gasteiger charge is -2.14. The molecule has 0 aromatic carbocycles. The van der Waals surface area contributed by atoms with E-state index < -0.39 is 0 Å². The largest absolute Gasteiger partial charge is 0.362 e. The van der Waals surface area contributed by atoms with Gasteiger partial charge in [-0.05, 0) is 50.2 Å². The first-order chi connectivity index (χ1) is 6.77. The van der Waals surface area contributed by atoms with Crippen molar-refractivity contribution < 1.29 is 0 Å². The molecule has 0 atom stereocenters. The Labute approximate surface area is 84.9 Å². The summed E-state index contributed by atoms with van der Waals surface area (Å²) in [5.41, 5.74) is 12.4. The summed E-state index contributed by atoms with van der Waals surface area (Å²) >= 11 is 0. The van der Waals surface area contributed by atoms with Crippen molar-refractivity contribution in [2.24, 2.45) is 5.73 Å². The molecule has 0 amide bonds. The number of hydrogen-bond acceptors (Lipinski definition) is 1. The van der Waals surface area contributed by atoms with Crippen LogP contribution in [0.2, 0.25) is 0 Å². The van der Waals surface area contributed by atoms with E-state index in [1.165, 1.54) is 43.5 Å². The van der Waals surface area contributed by atoms with E-state index in [0.29, 0.717) is 5.41 Å². The third kappa shape index (κ3) is 0.949. The average molecular weight is 190 g/mol. The highest BCUT2D eigenvalue weighted by Gasteiger charge is 2.46. The molecule has 3 rings (SSSR count). The first-order valence-electron chi connectivity index (χ1n) is 5.68. The van der Waals surface area contributed by atoms with Gasteiger partial charge in [0.2, 0.25) is 0 Å². The van der Waals surface area contributed by atoms with Crippen LogP contribution < -0.4 is 5.73 Å². The Hall–Kier alpha value is -0.760. The number of fused-ring (bicyclic) bond motifs is 1. The quantitative estimate of drug-likeness (QED) is 0.733. The molecule has 2 heteroatoms. The van der Waals surface area contributed by atoms with Crippen molar-refractivity contribution in [3.05, 3.63) is 22.5 Å². The molecule has 0 spiro atoms. The van der Waals surface area contributed by atoms with Gasteiger partial charge in [-0.15, -0.1) is 0 Å². The highest BCUT2D eigenvalue weighted by molar-refractivity contribution is 5.47. The van der Waals surface area contributed by atoms with Crippen molar-refractivity contribution in [3.8, 4) is 0 Å². The molecule has 0 bridgehead atoms. The molecule has 0 radical (unpaired) electrons. The monoisotopic (exact) mass is 190 g/mol. The summed E-state index contributed by atoms with van der Waals surface area (Å²) in [5.74, 6) is 0. The van der Waals surface area contributed by atoms with Crippen LogP contribution in [0.5, 0.6) is 0 Å². The molecule has 2 aliphatic rings. The van der Waals surface area contributed by atoms with Crippen LogP contribution >= 0.6 is 0 Å². The number of hydrogen-bond donors (Lipinski definition) is 2. The fourth-order valence-corrected chi connectivity index (χ4v) is 3.10. The number of aromatic nitrogens is 1. The van der Waals surface area contributed by atoms with Gasteiger partial charge in [0.1, 0.15) is 0 Å². The summed E-state index contributed by atoms with van der Waals surface area (Å²) in [5, 5.41) is 0. The fourth-order valence-electron chi connectivity index (χ4n) is 3.10. The lowest BCUT2D eigenvalue weighted by atomic mass is 9.92. The van der Waals surface area contributed by atoms with Crippen molar-refractivity contribution in [1.29, 1.82) is 0 Å². The minimum atomic E-state index is 0.374. The molecule has 1 fully saturated rings. The summed E-state index contributed by atoms with van der Waals surface area (Å²) in [6.07, 6.45) is 6.45. The molecule has 1 heterocycles. The van der Waals surface area contributed by atoms with Crippen LogP contribution in [-0.4, -0.2) is 11.5 Å². The van der Waals surface area contributed by atoms with E-state index in [9.17, 15) is 0 Å². The van der Waals surface area contributed by atoms with Gasteiger partial charge in [0, 0.05) is 23.3 Å². The molecular formula is C12H18N2. The zero-order valence-corrected chi connectivity index (χ0v) is 8.82. The number of H-pyrrole nitrogens is 1. The molecule has 2 nitrogen and oxygen atoms in total. The zero-order chi connectivity index (χ0) is 9.76. The number of nitrogens with two attached hydrogens (primary N) is 1. The van der Waals surface area contributed by atoms with E-state index in [2.05, 4.69) is 11.9 Å². The second-order valence-electron chi connectivity index (χ2n) is 4.92. The molecule has 3 N–H and O–H groups in total. The van der Waals surface area contributed by atoms with Gasteiger partial charge < -0.3 is 10.7 Å². The third-order valence-corrected chi connectivity index (χ3v) is 4.01. The maximum Gasteiger partial charge on any atom is 0.0184 e. The molecule has 2 aliphatic carbocycles. The maximum atomic E-state index is 5.91. The standard InChI is InChI=1S/C12H18N2/c1-8-11(12(7-13)5-6-12)9-3-2-4-10(9)14-8/h14H,2-7,13H2,1H3. The molecule has 0 aliphatic heterocycles. The summed E-state index contributed by atoms with van der Waals surface area (Å²) in [7, 11) is 0. The molecule has 1 aromatic heterocycles. The van der Waals surface area contributed by atoms with Gasteiger partial charge in [0.15, 0.2) is 0 Å². The van der Waals surface area contributed by atoms with E-state index in [1.54, 1.807) is 11.1 Å². The second kappa shape index (κ2) is 2.63. The van der Waals surface area contributed by atoms with Crippen molar-refractivity contribution in [3.63, 3.8) is 0 Å². The predicted molar refractivity (Wildman–Crippen MR) is 57.5 cm³/mol. The predicted octanol–water partition coefficient (Wildman–Crippen LogP) is 1.80. The minimum Gasteiger partial charge on any atom is -0.362 e. The van der Waals surface area contributed by atoms with Gasteiger partial charge in [-0.3, -0.25) is 0 Å². The van der Waals surface area contributed by atoms with E-state index in [-0.39, 0.29) is 0 Å². The topological polar surface area (TPSA) is 41.8 Å². The molecule has 14 heavy (non-hydrogen) atoms. The first-order valence-corrected chi connectivity index (χ1v) is 5.68. The van der Waals surface area contributed by atoms with Crippen molar-refractivity contribution in [1.82, 2.24) is 4.98 Å². The number of rotatable bonds is 2. The number of aryl methyl sites for hydroxylation is 2. The number of aromatic amines is 1. The molecule has 76 valence electrons. The van der Waals surface area contributed by atoms with Crippen LogP contribution in [0.15, 0.2) is 0 Å². The van der Waals surface area contributed by atoms with Gasteiger partial charge >= 0.3 is 0 Å². The minimum absolute atomic E-state index is 0.374. The van der Waals surface area contributed by atoms with Gasteiger partial charge in [-0.25, -0.2) is 0 Å². The SMILES string of the molecule is Cc1[nH]c2c(c1C1(CN)CC1)CCC2. The van der Waals surface area contributed by atoms with Gasteiger partial charge in [-0.1, -0.05) is 0 Å². The van der Waals surface area contributed by atoms with Crippen LogP contribution in [0.1, 0.15) is 41.8 Å². The number of nitrogens with one attached hydrogen (secondary N) is 1. The summed E-state index contributed by atoms with van der Waals surface area (Å²) in [6.45, 7) is 3.04. The second-order valence-corrected chi connectivity index (χ2v) is 4.92. The van der Waals surface area contributed by atoms with E-state index in [1.807, 2.05) is 0 Å². The van der Waals surface area contributed by atoms with E-state index >= 15 is 0 Å². The van der Waals surface area contributed by atoms with Crippen molar-refractivity contribution in [2.45, 2.75) is 44.4 Å². The Balaban J connectivity index is 2.13. The van der Waals surface area contributed by atoms with Crippen LogP contribution in [-0.2, 0) is 18.3 Å². The Morgan fingerprint density at radius 2 is 2.14 bits per heavy atom. The van der Waals surface area contributed by atoms with Gasteiger partial charge in [0.05, 0.1) is 0 Å². The van der Waals surface area contributed by atoms with Gasteiger partial charge in [0.25, 0.3) is 0 Å². The van der Waals surface area contributed by atoms with E-state index in [0.717, 1.165) is 6.54 Å². The summed E-state index contributed by atoms with van der Waals surface area (Å²) < 4.78 is 0. The van der Waals surface area contributed by atoms with Crippen LogP contribution in [0, 0.1) is 6.92 Å². The van der Waals surface area contributed by atoms with Gasteiger partial charge in [-0.2, -0.15) is 0 Å². The molecule has 1 aromatic rings.